The summed E-state index contributed by atoms with van der Waals surface area (Å²) >= 11 is 0. The molecule has 0 aliphatic carbocycles. The van der Waals surface area contributed by atoms with Gasteiger partial charge in [0.25, 0.3) is 0 Å². The highest BCUT2D eigenvalue weighted by molar-refractivity contribution is 5.64. The molecule has 9 nitrogen and oxygen atoms in total. The van der Waals surface area contributed by atoms with E-state index in [0.29, 0.717) is 54.8 Å². The summed E-state index contributed by atoms with van der Waals surface area (Å²) in [5.41, 5.74) is 12.1. The molecule has 66 heavy (non-hydrogen) atoms. The lowest BCUT2D eigenvalue weighted by Crippen LogP contribution is -2.13. The van der Waals surface area contributed by atoms with Gasteiger partial charge in [0.2, 0.25) is 17.7 Å². The Morgan fingerprint density at radius 1 is 0.318 bits per heavy atom. The fourth-order valence-electron chi connectivity index (χ4n) is 8.02. The van der Waals surface area contributed by atoms with Crippen molar-refractivity contribution in [2.24, 2.45) is 0 Å². The van der Waals surface area contributed by atoms with E-state index in [1.165, 1.54) is 0 Å². The highest BCUT2D eigenvalue weighted by Crippen LogP contribution is 2.34. The SMILES string of the molecule is Cc1c(COc2ccc(-c3cnc(-c4ccccc4)o3)cc2)c(C)c(COc2ccc(-c3cnc(-c4ccccc4)o3)cc2)c(C)c1COc1ccc(-c2cnc(-c3ccccc3)o2)cc1. The zero-order valence-electron chi connectivity index (χ0n) is 36.7. The van der Waals surface area contributed by atoms with E-state index in [1.54, 1.807) is 18.6 Å². The fourth-order valence-corrected chi connectivity index (χ4v) is 8.02. The van der Waals surface area contributed by atoms with Crippen molar-refractivity contribution < 1.29 is 27.5 Å². The Bertz CT molecular complexity index is 2830. The molecular formula is C57H45N3O6. The van der Waals surface area contributed by atoms with Gasteiger partial charge < -0.3 is 27.5 Å². The van der Waals surface area contributed by atoms with E-state index in [1.807, 2.05) is 164 Å². The Hall–Kier alpha value is -8.43. The lowest BCUT2D eigenvalue weighted by atomic mass is 9.89. The summed E-state index contributed by atoms with van der Waals surface area (Å²) in [5.74, 6) is 6.03. The molecule has 10 rings (SSSR count). The normalized spacial score (nSPS) is 11.1. The molecule has 0 bridgehead atoms. The number of benzene rings is 7. The van der Waals surface area contributed by atoms with Crippen LogP contribution in [0.2, 0.25) is 0 Å². The summed E-state index contributed by atoms with van der Waals surface area (Å²) in [5, 5.41) is 0. The smallest absolute Gasteiger partial charge is 0.226 e. The summed E-state index contributed by atoms with van der Waals surface area (Å²) in [6.45, 7) is 7.48. The molecule has 7 aromatic carbocycles. The number of hydrogen-bond acceptors (Lipinski definition) is 9. The van der Waals surface area contributed by atoms with Crippen LogP contribution in [0.4, 0.5) is 0 Å². The molecule has 10 aromatic rings. The minimum Gasteiger partial charge on any atom is -0.489 e. The lowest BCUT2D eigenvalue weighted by Gasteiger charge is -2.23. The van der Waals surface area contributed by atoms with Crippen molar-refractivity contribution in [3.63, 3.8) is 0 Å². The molecular weight excluding hydrogens is 823 g/mol. The van der Waals surface area contributed by atoms with Crippen molar-refractivity contribution in [3.05, 3.63) is 216 Å². The molecule has 0 saturated heterocycles. The van der Waals surface area contributed by atoms with Crippen LogP contribution < -0.4 is 14.2 Å². The average Bonchev–Trinajstić information content (AvgIpc) is 4.19. The molecule has 0 spiro atoms. The summed E-state index contributed by atoms with van der Waals surface area (Å²) in [7, 11) is 0. The van der Waals surface area contributed by atoms with E-state index >= 15 is 0 Å². The van der Waals surface area contributed by atoms with E-state index in [4.69, 9.17) is 27.5 Å². The second kappa shape index (κ2) is 18.7. The van der Waals surface area contributed by atoms with Crippen LogP contribution in [0.1, 0.15) is 33.4 Å². The first-order valence-electron chi connectivity index (χ1n) is 21.8. The van der Waals surface area contributed by atoms with Crippen molar-refractivity contribution in [3.8, 4) is 85.6 Å². The first kappa shape index (κ1) is 41.6. The third-order valence-electron chi connectivity index (χ3n) is 11.9. The number of oxazole rings is 3. The van der Waals surface area contributed by atoms with Crippen LogP contribution in [0.5, 0.6) is 17.2 Å². The van der Waals surface area contributed by atoms with E-state index in [9.17, 15) is 0 Å². The molecule has 0 unspecified atom stereocenters. The van der Waals surface area contributed by atoms with Gasteiger partial charge in [0.05, 0.1) is 18.6 Å². The van der Waals surface area contributed by atoms with Gasteiger partial charge in [0.15, 0.2) is 17.3 Å². The minimum absolute atomic E-state index is 0.353. The highest BCUT2D eigenvalue weighted by Gasteiger charge is 2.20. The Morgan fingerprint density at radius 3 is 0.833 bits per heavy atom. The van der Waals surface area contributed by atoms with Crippen LogP contribution in [0, 0.1) is 20.8 Å². The number of hydrogen-bond donors (Lipinski definition) is 0. The Morgan fingerprint density at radius 2 is 0.576 bits per heavy atom. The highest BCUT2D eigenvalue weighted by atomic mass is 16.5. The monoisotopic (exact) mass is 867 g/mol. The molecule has 0 aliphatic rings. The first-order chi connectivity index (χ1) is 32.4. The number of nitrogens with zero attached hydrogens (tertiary/aromatic N) is 3. The van der Waals surface area contributed by atoms with Gasteiger partial charge in [-0.25, -0.2) is 15.0 Å². The summed E-state index contributed by atoms with van der Waals surface area (Å²) < 4.78 is 37.8. The largest absolute Gasteiger partial charge is 0.489 e. The zero-order valence-corrected chi connectivity index (χ0v) is 36.7. The molecule has 0 N–H and O–H groups in total. The van der Waals surface area contributed by atoms with Crippen molar-refractivity contribution >= 4 is 0 Å². The van der Waals surface area contributed by atoms with Crippen molar-refractivity contribution in [1.29, 1.82) is 0 Å². The molecule has 0 amide bonds. The van der Waals surface area contributed by atoms with Crippen molar-refractivity contribution in [2.45, 2.75) is 40.6 Å². The molecule has 324 valence electrons. The van der Waals surface area contributed by atoms with E-state index < -0.39 is 0 Å². The van der Waals surface area contributed by atoms with Gasteiger partial charge in [-0.1, -0.05) is 54.6 Å². The van der Waals surface area contributed by atoms with Crippen molar-refractivity contribution in [1.82, 2.24) is 15.0 Å². The Kier molecular flexibility index (Phi) is 11.8. The maximum atomic E-state index is 6.51. The zero-order chi connectivity index (χ0) is 44.8. The van der Waals surface area contributed by atoms with E-state index in [0.717, 1.165) is 84.0 Å². The maximum absolute atomic E-state index is 6.51. The molecule has 9 heteroatoms. The Labute approximate surface area is 383 Å². The summed E-state index contributed by atoms with van der Waals surface area (Å²) in [6.07, 6.45) is 5.26. The second-order valence-corrected chi connectivity index (χ2v) is 15.9. The third kappa shape index (κ3) is 9.00. The average molecular weight is 868 g/mol. The van der Waals surface area contributed by atoms with Gasteiger partial charge in [0.1, 0.15) is 37.1 Å². The summed E-state index contributed by atoms with van der Waals surface area (Å²) in [4.78, 5) is 13.5. The van der Waals surface area contributed by atoms with Gasteiger partial charge in [-0.15, -0.1) is 0 Å². The molecule has 3 aromatic heterocycles. The van der Waals surface area contributed by atoms with Crippen LogP contribution in [-0.4, -0.2) is 15.0 Å². The lowest BCUT2D eigenvalue weighted by molar-refractivity contribution is 0.290. The predicted molar refractivity (Wildman–Crippen MR) is 256 cm³/mol. The minimum atomic E-state index is 0.353. The fraction of sp³-hybridized carbons (Fsp3) is 0.105. The van der Waals surface area contributed by atoms with Gasteiger partial charge in [-0.3, -0.25) is 0 Å². The molecule has 0 atom stereocenters. The molecule has 0 saturated carbocycles. The van der Waals surface area contributed by atoms with Crippen LogP contribution in [0.25, 0.3) is 68.3 Å². The first-order valence-corrected chi connectivity index (χ1v) is 21.8. The standard InChI is InChI=1S/C57H45N3O6/c1-37-49(34-61-46-25-19-40(20-26-46)52-31-58-55(64-52)43-13-7-4-8-14-43)38(2)51(36-63-48-29-23-42(24-30-48)54-33-60-57(66-54)45-17-11-6-12-18-45)39(3)50(37)35-62-47-27-21-41(22-28-47)53-32-59-56(65-53)44-15-9-5-10-16-44/h4-33H,34-36H2,1-3H3. The molecule has 0 fully saturated rings. The Balaban J connectivity index is 0.873. The second-order valence-electron chi connectivity index (χ2n) is 15.9. The molecule has 0 radical (unpaired) electrons. The maximum Gasteiger partial charge on any atom is 0.226 e. The van der Waals surface area contributed by atoms with Crippen LogP contribution >= 0.6 is 0 Å². The topological polar surface area (TPSA) is 106 Å². The van der Waals surface area contributed by atoms with E-state index in [-0.39, 0.29) is 0 Å². The number of rotatable bonds is 15. The van der Waals surface area contributed by atoms with Crippen molar-refractivity contribution in [2.75, 3.05) is 0 Å². The van der Waals surface area contributed by atoms with Gasteiger partial charge in [-0.2, -0.15) is 0 Å². The van der Waals surface area contributed by atoms with Gasteiger partial charge >= 0.3 is 0 Å². The quantitative estimate of drug-likeness (QED) is 0.0995. The van der Waals surface area contributed by atoms with Gasteiger partial charge in [-0.05, 0) is 163 Å². The predicted octanol–water partition coefficient (Wildman–Crippen LogP) is 14.3. The van der Waals surface area contributed by atoms with Crippen LogP contribution in [0.15, 0.2) is 196 Å². The van der Waals surface area contributed by atoms with Crippen LogP contribution in [-0.2, 0) is 19.8 Å². The van der Waals surface area contributed by atoms with E-state index in [2.05, 4.69) is 35.7 Å². The molecule has 3 heterocycles. The third-order valence-corrected chi connectivity index (χ3v) is 11.9. The number of aromatic nitrogens is 3. The number of ether oxygens (including phenoxy) is 3. The summed E-state index contributed by atoms with van der Waals surface area (Å²) in [6, 6.07) is 53.3. The molecule has 0 aliphatic heterocycles. The van der Waals surface area contributed by atoms with Gasteiger partial charge in [0, 0.05) is 33.4 Å². The van der Waals surface area contributed by atoms with Crippen LogP contribution in [0.3, 0.4) is 0 Å².